The van der Waals surface area contributed by atoms with E-state index < -0.39 is 17.8 Å². The van der Waals surface area contributed by atoms with Crippen LogP contribution >= 0.6 is 0 Å². The number of rotatable bonds is 7. The standard InChI is InChI=1S/C21H28FN3O3/c1-2-25-19(27)11-10-16(20(25)15-7-3-4-8-17(15)22)21(28)23-12-6-14-24-13-5-9-18(24)26/h3-4,7-8,16,20H,2,5-6,9-14H2,1H3,(H,23,28)/t16-,20+/m1/s1. The molecule has 3 rings (SSSR count). The molecule has 0 bridgehead atoms. The van der Waals surface area contributed by atoms with Crippen LogP contribution < -0.4 is 5.32 Å². The molecule has 1 aromatic rings. The quantitative estimate of drug-likeness (QED) is 0.728. The summed E-state index contributed by atoms with van der Waals surface area (Å²) in [5.41, 5.74) is 0.389. The maximum atomic E-state index is 14.5. The van der Waals surface area contributed by atoms with Gasteiger partial charge in [-0.2, -0.15) is 0 Å². The molecule has 0 saturated carbocycles. The van der Waals surface area contributed by atoms with Crippen molar-refractivity contribution in [1.29, 1.82) is 0 Å². The van der Waals surface area contributed by atoms with Gasteiger partial charge in [0.2, 0.25) is 17.7 Å². The molecule has 0 aromatic heterocycles. The van der Waals surface area contributed by atoms with Crippen molar-refractivity contribution in [2.24, 2.45) is 5.92 Å². The Kier molecular flexibility index (Phi) is 6.65. The number of amides is 3. The number of hydrogen-bond acceptors (Lipinski definition) is 3. The Morgan fingerprint density at radius 1 is 1.21 bits per heavy atom. The van der Waals surface area contributed by atoms with Crippen LogP contribution in [0.2, 0.25) is 0 Å². The van der Waals surface area contributed by atoms with Crippen molar-refractivity contribution in [3.8, 4) is 0 Å². The van der Waals surface area contributed by atoms with Crippen LogP contribution in [0.4, 0.5) is 4.39 Å². The summed E-state index contributed by atoms with van der Waals surface area (Å²) in [7, 11) is 0. The van der Waals surface area contributed by atoms with E-state index in [4.69, 9.17) is 0 Å². The van der Waals surface area contributed by atoms with Crippen LogP contribution in [0.3, 0.4) is 0 Å². The van der Waals surface area contributed by atoms with Gasteiger partial charge in [-0.25, -0.2) is 4.39 Å². The van der Waals surface area contributed by atoms with Crippen molar-refractivity contribution < 1.29 is 18.8 Å². The van der Waals surface area contributed by atoms with Gasteiger partial charge in [0, 0.05) is 44.6 Å². The van der Waals surface area contributed by atoms with Crippen LogP contribution in [0, 0.1) is 11.7 Å². The molecule has 1 aromatic carbocycles. The maximum absolute atomic E-state index is 14.5. The van der Waals surface area contributed by atoms with Crippen LogP contribution in [-0.2, 0) is 14.4 Å². The number of carbonyl (C=O) groups is 3. The largest absolute Gasteiger partial charge is 0.356 e. The first-order valence-electron chi connectivity index (χ1n) is 10.1. The van der Waals surface area contributed by atoms with Gasteiger partial charge in [0.15, 0.2) is 0 Å². The summed E-state index contributed by atoms with van der Waals surface area (Å²) in [6.07, 6.45) is 2.90. The summed E-state index contributed by atoms with van der Waals surface area (Å²) >= 11 is 0. The fourth-order valence-corrected chi connectivity index (χ4v) is 4.25. The third-order valence-corrected chi connectivity index (χ3v) is 5.68. The van der Waals surface area contributed by atoms with Gasteiger partial charge < -0.3 is 15.1 Å². The monoisotopic (exact) mass is 389 g/mol. The second kappa shape index (κ2) is 9.17. The number of piperidine rings is 1. The van der Waals surface area contributed by atoms with Gasteiger partial charge in [0.05, 0.1) is 12.0 Å². The van der Waals surface area contributed by atoms with Gasteiger partial charge in [0.25, 0.3) is 0 Å². The minimum absolute atomic E-state index is 0.0488. The van der Waals surface area contributed by atoms with E-state index in [0.29, 0.717) is 50.9 Å². The van der Waals surface area contributed by atoms with Crippen LogP contribution in [0.5, 0.6) is 0 Å². The zero-order chi connectivity index (χ0) is 20.1. The van der Waals surface area contributed by atoms with Crippen LogP contribution in [0.1, 0.15) is 50.6 Å². The molecule has 2 saturated heterocycles. The lowest BCUT2D eigenvalue weighted by atomic mass is 9.83. The first-order chi connectivity index (χ1) is 13.5. The fourth-order valence-electron chi connectivity index (χ4n) is 4.25. The summed E-state index contributed by atoms with van der Waals surface area (Å²) in [6, 6.07) is 5.76. The number of nitrogens with one attached hydrogen (secondary N) is 1. The van der Waals surface area contributed by atoms with Gasteiger partial charge >= 0.3 is 0 Å². The van der Waals surface area contributed by atoms with E-state index in [1.165, 1.54) is 6.07 Å². The smallest absolute Gasteiger partial charge is 0.225 e. The van der Waals surface area contributed by atoms with Gasteiger partial charge in [-0.3, -0.25) is 14.4 Å². The zero-order valence-electron chi connectivity index (χ0n) is 16.3. The Labute approximate surface area is 165 Å². The van der Waals surface area contributed by atoms with E-state index in [1.54, 1.807) is 23.1 Å². The SMILES string of the molecule is CCN1C(=O)CC[C@@H](C(=O)NCCCN2CCCC2=O)[C@@H]1c1ccccc1F. The molecule has 6 nitrogen and oxygen atoms in total. The second-order valence-corrected chi connectivity index (χ2v) is 7.42. The van der Waals surface area contributed by atoms with Crippen molar-refractivity contribution in [1.82, 2.24) is 15.1 Å². The molecular weight excluding hydrogens is 361 g/mol. The Bertz CT molecular complexity index is 739. The molecular formula is C21H28FN3O3. The molecule has 1 N–H and O–H groups in total. The van der Waals surface area contributed by atoms with E-state index in [1.807, 2.05) is 11.8 Å². The zero-order valence-corrected chi connectivity index (χ0v) is 16.3. The molecule has 2 atom stereocenters. The third-order valence-electron chi connectivity index (χ3n) is 5.68. The predicted octanol–water partition coefficient (Wildman–Crippen LogP) is 2.25. The molecule has 2 aliphatic rings. The van der Waals surface area contributed by atoms with E-state index in [-0.39, 0.29) is 17.7 Å². The van der Waals surface area contributed by atoms with E-state index in [0.717, 1.165) is 13.0 Å². The third kappa shape index (κ3) is 4.34. The van der Waals surface area contributed by atoms with Crippen LogP contribution in [0.15, 0.2) is 24.3 Å². The molecule has 3 amide bonds. The number of hydrogen-bond donors (Lipinski definition) is 1. The summed E-state index contributed by atoms with van der Waals surface area (Å²) < 4.78 is 14.5. The first kappa shape index (κ1) is 20.3. The molecule has 0 radical (unpaired) electrons. The normalized spacial score (nSPS) is 22.6. The van der Waals surface area contributed by atoms with Crippen molar-refractivity contribution in [2.45, 2.75) is 45.1 Å². The number of benzene rings is 1. The lowest BCUT2D eigenvalue weighted by Gasteiger charge is -2.40. The fraction of sp³-hybridized carbons (Fsp3) is 0.571. The van der Waals surface area contributed by atoms with Crippen molar-refractivity contribution in [2.75, 3.05) is 26.2 Å². The number of likely N-dealkylation sites (tertiary alicyclic amines) is 2. The molecule has 2 aliphatic heterocycles. The predicted molar refractivity (Wildman–Crippen MR) is 103 cm³/mol. The Balaban J connectivity index is 1.65. The van der Waals surface area contributed by atoms with Crippen molar-refractivity contribution in [3.05, 3.63) is 35.6 Å². The maximum Gasteiger partial charge on any atom is 0.225 e. The average Bonchev–Trinajstić information content (AvgIpc) is 3.10. The first-order valence-corrected chi connectivity index (χ1v) is 10.1. The van der Waals surface area contributed by atoms with Gasteiger partial charge in [-0.1, -0.05) is 18.2 Å². The highest BCUT2D eigenvalue weighted by Crippen LogP contribution is 2.37. The van der Waals surface area contributed by atoms with Crippen molar-refractivity contribution >= 4 is 17.7 Å². The number of nitrogens with zero attached hydrogens (tertiary/aromatic N) is 2. The molecule has 2 heterocycles. The van der Waals surface area contributed by atoms with Crippen molar-refractivity contribution in [3.63, 3.8) is 0 Å². The van der Waals surface area contributed by atoms with E-state index in [2.05, 4.69) is 5.32 Å². The molecule has 0 unspecified atom stereocenters. The molecule has 0 spiro atoms. The van der Waals surface area contributed by atoms with Crippen LogP contribution in [-0.4, -0.2) is 53.7 Å². The van der Waals surface area contributed by atoms with E-state index in [9.17, 15) is 18.8 Å². The highest BCUT2D eigenvalue weighted by molar-refractivity contribution is 5.85. The molecule has 0 aliphatic carbocycles. The van der Waals surface area contributed by atoms with Gasteiger partial charge in [-0.15, -0.1) is 0 Å². The lowest BCUT2D eigenvalue weighted by molar-refractivity contribution is -0.143. The van der Waals surface area contributed by atoms with Crippen LogP contribution in [0.25, 0.3) is 0 Å². The topological polar surface area (TPSA) is 69.7 Å². The van der Waals surface area contributed by atoms with Gasteiger partial charge in [-0.05, 0) is 32.3 Å². The number of halogens is 1. The summed E-state index contributed by atoms with van der Waals surface area (Å²) in [5.74, 6) is -0.913. The Hall–Kier alpha value is -2.44. The average molecular weight is 389 g/mol. The number of carbonyl (C=O) groups excluding carboxylic acids is 3. The highest BCUT2D eigenvalue weighted by atomic mass is 19.1. The Morgan fingerprint density at radius 2 is 2.00 bits per heavy atom. The molecule has 152 valence electrons. The Morgan fingerprint density at radius 3 is 2.68 bits per heavy atom. The summed E-state index contributed by atoms with van der Waals surface area (Å²) in [6.45, 7) is 4.17. The molecule has 7 heteroatoms. The highest BCUT2D eigenvalue weighted by Gasteiger charge is 2.40. The minimum Gasteiger partial charge on any atom is -0.356 e. The lowest BCUT2D eigenvalue weighted by Crippen LogP contribution is -2.48. The van der Waals surface area contributed by atoms with Gasteiger partial charge in [0.1, 0.15) is 5.82 Å². The molecule has 28 heavy (non-hydrogen) atoms. The summed E-state index contributed by atoms with van der Waals surface area (Å²) in [5, 5.41) is 2.93. The molecule has 2 fully saturated rings. The second-order valence-electron chi connectivity index (χ2n) is 7.42. The minimum atomic E-state index is -0.590. The van der Waals surface area contributed by atoms with E-state index >= 15 is 0 Å². The summed E-state index contributed by atoms with van der Waals surface area (Å²) in [4.78, 5) is 40.3.